The zero-order valence-electron chi connectivity index (χ0n) is 20.5. The molecule has 0 aliphatic carbocycles. The second-order valence-electron chi connectivity index (χ2n) is 9.62. The molecule has 0 radical (unpaired) electrons. The van der Waals surface area contributed by atoms with Crippen molar-refractivity contribution in [3.05, 3.63) is 64.8 Å². The Labute approximate surface area is 217 Å². The number of rotatable bonds is 10. The van der Waals surface area contributed by atoms with Crippen molar-refractivity contribution in [1.82, 2.24) is 9.88 Å². The minimum absolute atomic E-state index is 0.143. The van der Waals surface area contributed by atoms with Crippen molar-refractivity contribution in [2.45, 2.75) is 43.6 Å². The van der Waals surface area contributed by atoms with E-state index in [0.29, 0.717) is 22.8 Å². The van der Waals surface area contributed by atoms with Crippen molar-refractivity contribution in [3.8, 4) is 5.75 Å². The summed E-state index contributed by atoms with van der Waals surface area (Å²) < 4.78 is 5.36. The van der Waals surface area contributed by atoms with E-state index in [2.05, 4.69) is 41.1 Å². The second kappa shape index (κ2) is 11.9. The van der Waals surface area contributed by atoms with Crippen molar-refractivity contribution >= 4 is 34.3 Å². The van der Waals surface area contributed by atoms with E-state index in [1.807, 2.05) is 30.0 Å². The summed E-state index contributed by atoms with van der Waals surface area (Å²) in [4.78, 5) is 8.20. The van der Waals surface area contributed by atoms with Crippen molar-refractivity contribution in [2.24, 2.45) is 5.41 Å². The van der Waals surface area contributed by atoms with Crippen LogP contribution in [0.2, 0.25) is 5.02 Å². The number of aliphatic hydroxyl groups excluding tert-OH is 2. The minimum atomic E-state index is -0.729. The van der Waals surface area contributed by atoms with Gasteiger partial charge in [0, 0.05) is 40.9 Å². The average Bonchev–Trinajstić information content (AvgIpc) is 2.88. The van der Waals surface area contributed by atoms with Crippen LogP contribution in [-0.4, -0.2) is 59.2 Å². The van der Waals surface area contributed by atoms with Gasteiger partial charge in [-0.25, -0.2) is 0 Å². The van der Waals surface area contributed by atoms with Crippen LogP contribution in [0.4, 0.5) is 0 Å². The molecule has 0 amide bonds. The number of piperidine rings is 1. The van der Waals surface area contributed by atoms with Crippen molar-refractivity contribution in [3.63, 3.8) is 0 Å². The average molecular weight is 515 g/mol. The van der Waals surface area contributed by atoms with Gasteiger partial charge in [-0.3, -0.25) is 4.98 Å². The van der Waals surface area contributed by atoms with E-state index in [0.717, 1.165) is 55.6 Å². The third-order valence-electron chi connectivity index (χ3n) is 7.27. The number of aryl methyl sites for hydroxylation is 1. The first-order valence-electron chi connectivity index (χ1n) is 12.3. The summed E-state index contributed by atoms with van der Waals surface area (Å²) in [7, 11) is 1.62. The minimum Gasteiger partial charge on any atom is -0.497 e. The van der Waals surface area contributed by atoms with Crippen LogP contribution in [-0.2, 0) is 0 Å². The Morgan fingerprint density at radius 2 is 2.00 bits per heavy atom. The number of thioether (sulfide) groups is 1. The smallest absolute Gasteiger partial charge is 0.119 e. The first-order valence-corrected chi connectivity index (χ1v) is 13.6. The molecule has 2 heterocycles. The predicted molar refractivity (Wildman–Crippen MR) is 145 cm³/mol. The van der Waals surface area contributed by atoms with Crippen LogP contribution < -0.4 is 4.74 Å². The fraction of sp³-hybridized carbons (Fsp3) is 0.464. The monoisotopic (exact) mass is 514 g/mol. The van der Waals surface area contributed by atoms with Gasteiger partial charge < -0.3 is 19.8 Å². The van der Waals surface area contributed by atoms with E-state index in [4.69, 9.17) is 16.3 Å². The van der Waals surface area contributed by atoms with Gasteiger partial charge in [-0.2, -0.15) is 0 Å². The van der Waals surface area contributed by atoms with E-state index in [-0.39, 0.29) is 12.0 Å². The maximum absolute atomic E-state index is 11.2. The standard InChI is InChI=1S/C28H35ClN2O3S/c1-20-4-3-5-22(16-20)35-15-14-31-12-10-28(19-32,11-13-31)9-8-26(33)27-23-17-21(34-2)6-7-25(23)30-18-24(27)29/h3-7,16-18,26,32-33H,8-15,19H2,1-2H3/t26-/m1/s1. The third kappa shape index (κ3) is 6.49. The van der Waals surface area contributed by atoms with Gasteiger partial charge in [-0.1, -0.05) is 29.3 Å². The molecule has 1 saturated heterocycles. The normalized spacial score (nSPS) is 16.9. The lowest BCUT2D eigenvalue weighted by atomic mass is 9.74. The molecule has 188 valence electrons. The van der Waals surface area contributed by atoms with E-state index < -0.39 is 6.10 Å². The van der Waals surface area contributed by atoms with Gasteiger partial charge in [-0.15, -0.1) is 11.8 Å². The van der Waals surface area contributed by atoms with Crippen LogP contribution in [0.3, 0.4) is 0 Å². The maximum Gasteiger partial charge on any atom is 0.119 e. The summed E-state index contributed by atoms with van der Waals surface area (Å²) in [6, 6.07) is 14.3. The van der Waals surface area contributed by atoms with Crippen LogP contribution >= 0.6 is 23.4 Å². The summed E-state index contributed by atoms with van der Waals surface area (Å²) in [5.74, 6) is 1.76. The number of hydrogen-bond donors (Lipinski definition) is 2. The third-order valence-corrected chi connectivity index (χ3v) is 8.54. The molecule has 5 nitrogen and oxygen atoms in total. The lowest BCUT2D eigenvalue weighted by Gasteiger charge is -2.41. The summed E-state index contributed by atoms with van der Waals surface area (Å²) in [5.41, 5.74) is 2.60. The summed E-state index contributed by atoms with van der Waals surface area (Å²) in [6.07, 6.45) is 4.03. The van der Waals surface area contributed by atoms with Crippen LogP contribution in [0.15, 0.2) is 53.6 Å². The molecular formula is C28H35ClN2O3S. The number of ether oxygens (including phenoxy) is 1. The zero-order chi connectivity index (χ0) is 24.8. The Balaban J connectivity index is 1.33. The number of methoxy groups -OCH3 is 1. The molecule has 4 rings (SSSR count). The Morgan fingerprint density at radius 1 is 1.20 bits per heavy atom. The molecule has 0 unspecified atom stereocenters. The molecule has 0 spiro atoms. The highest BCUT2D eigenvalue weighted by molar-refractivity contribution is 7.99. The highest BCUT2D eigenvalue weighted by Crippen LogP contribution is 2.40. The molecular weight excluding hydrogens is 480 g/mol. The number of fused-ring (bicyclic) bond motifs is 1. The van der Waals surface area contributed by atoms with Crippen LogP contribution in [0.25, 0.3) is 10.9 Å². The Morgan fingerprint density at radius 3 is 2.71 bits per heavy atom. The van der Waals surface area contributed by atoms with Crippen LogP contribution in [0.1, 0.15) is 42.9 Å². The Bertz CT molecular complexity index is 1130. The number of benzene rings is 2. The molecule has 35 heavy (non-hydrogen) atoms. The topological polar surface area (TPSA) is 65.8 Å². The molecule has 0 bridgehead atoms. The largest absolute Gasteiger partial charge is 0.497 e. The maximum atomic E-state index is 11.2. The molecule has 1 aliphatic rings. The van der Waals surface area contributed by atoms with Gasteiger partial charge >= 0.3 is 0 Å². The lowest BCUT2D eigenvalue weighted by molar-refractivity contribution is 0.0254. The number of hydrogen-bond acceptors (Lipinski definition) is 6. The molecule has 1 fully saturated rings. The number of aliphatic hydroxyl groups is 2. The number of nitrogens with zero attached hydrogens (tertiary/aromatic N) is 2. The highest BCUT2D eigenvalue weighted by atomic mass is 35.5. The van der Waals surface area contributed by atoms with E-state index in [1.54, 1.807) is 13.3 Å². The Hall–Kier alpha value is -1.83. The number of likely N-dealkylation sites (tertiary alicyclic amines) is 1. The fourth-order valence-corrected chi connectivity index (χ4v) is 6.26. The van der Waals surface area contributed by atoms with E-state index in [9.17, 15) is 10.2 Å². The van der Waals surface area contributed by atoms with Crippen LogP contribution in [0.5, 0.6) is 5.75 Å². The molecule has 7 heteroatoms. The van der Waals surface area contributed by atoms with E-state index >= 15 is 0 Å². The number of pyridine rings is 1. The van der Waals surface area contributed by atoms with Crippen molar-refractivity contribution in [1.29, 1.82) is 0 Å². The lowest BCUT2D eigenvalue weighted by Crippen LogP contribution is -2.43. The highest BCUT2D eigenvalue weighted by Gasteiger charge is 2.34. The first kappa shape index (κ1) is 26.2. The van der Waals surface area contributed by atoms with Gasteiger partial charge in [0.15, 0.2) is 0 Å². The first-order chi connectivity index (χ1) is 16.9. The molecule has 2 N–H and O–H groups in total. The summed E-state index contributed by atoms with van der Waals surface area (Å²) in [5, 5.41) is 22.7. The van der Waals surface area contributed by atoms with Crippen molar-refractivity contribution in [2.75, 3.05) is 39.1 Å². The van der Waals surface area contributed by atoms with Gasteiger partial charge in [0.1, 0.15) is 5.75 Å². The zero-order valence-corrected chi connectivity index (χ0v) is 22.1. The van der Waals surface area contributed by atoms with E-state index in [1.165, 1.54) is 10.5 Å². The predicted octanol–water partition coefficient (Wildman–Crippen LogP) is 5.89. The molecule has 1 atom stereocenters. The second-order valence-corrected chi connectivity index (χ2v) is 11.2. The fourth-order valence-electron chi connectivity index (χ4n) is 4.96. The number of aromatic nitrogens is 1. The van der Waals surface area contributed by atoms with Crippen LogP contribution in [0, 0.1) is 12.3 Å². The van der Waals surface area contributed by atoms with Crippen molar-refractivity contribution < 1.29 is 14.9 Å². The van der Waals surface area contributed by atoms with Gasteiger partial charge in [-0.05, 0) is 81.4 Å². The Kier molecular flexibility index (Phi) is 8.95. The number of halogens is 1. The SMILES string of the molecule is COc1ccc2ncc(Cl)c([C@H](O)CCC3(CO)CCN(CCSc4cccc(C)c4)CC3)c2c1. The van der Waals surface area contributed by atoms with Gasteiger partial charge in [0.25, 0.3) is 0 Å². The van der Waals surface area contributed by atoms with Gasteiger partial charge in [0.2, 0.25) is 0 Å². The summed E-state index contributed by atoms with van der Waals surface area (Å²) in [6.45, 7) is 5.26. The molecule has 3 aromatic rings. The molecule has 0 saturated carbocycles. The molecule has 1 aromatic heterocycles. The summed E-state index contributed by atoms with van der Waals surface area (Å²) >= 11 is 8.38. The quantitative estimate of drug-likeness (QED) is 0.329. The van der Waals surface area contributed by atoms with Gasteiger partial charge in [0.05, 0.1) is 23.8 Å². The molecule has 1 aliphatic heterocycles. The molecule has 2 aromatic carbocycles.